The number of benzene rings is 1. The molecule has 1 aliphatic heterocycles. The molecule has 1 atom stereocenters. The Morgan fingerprint density at radius 2 is 1.84 bits per heavy atom. The number of carbonyl (C=O) groups is 2. The second-order valence-electron chi connectivity index (χ2n) is 7.96. The lowest BCUT2D eigenvalue weighted by molar-refractivity contribution is -0.385. The Hall–Kier alpha value is -3.16. The van der Waals surface area contributed by atoms with Crippen molar-refractivity contribution in [2.24, 2.45) is 11.7 Å². The van der Waals surface area contributed by atoms with E-state index in [1.165, 1.54) is 11.0 Å². The Balaban J connectivity index is 2.72. The van der Waals surface area contributed by atoms with Crippen molar-refractivity contribution in [3.63, 3.8) is 0 Å². The molecule has 2 rings (SSSR count). The summed E-state index contributed by atoms with van der Waals surface area (Å²) in [6, 6.07) is 5.64. The van der Waals surface area contributed by atoms with E-state index in [1.54, 1.807) is 32.0 Å². The lowest BCUT2D eigenvalue weighted by atomic mass is 9.75. The second kappa shape index (κ2) is 10.2. The number of ether oxygens (including phenoxy) is 1. The summed E-state index contributed by atoms with van der Waals surface area (Å²) in [5, 5.41) is 11.8. The summed E-state index contributed by atoms with van der Waals surface area (Å²) in [4.78, 5) is 38.1. The molecule has 1 heterocycles. The van der Waals surface area contributed by atoms with Crippen molar-refractivity contribution < 1.29 is 19.2 Å². The van der Waals surface area contributed by atoms with Crippen molar-refractivity contribution in [2.75, 3.05) is 6.61 Å². The summed E-state index contributed by atoms with van der Waals surface area (Å²) in [6.07, 6.45) is 2.62. The molecule has 0 spiro atoms. The number of primary amides is 1. The first-order chi connectivity index (χ1) is 14.6. The Kier molecular flexibility index (Phi) is 7.96. The number of urea groups is 1. The maximum absolute atomic E-state index is 13.2. The van der Waals surface area contributed by atoms with Gasteiger partial charge in [0.2, 0.25) is 0 Å². The number of nitro groups is 1. The van der Waals surface area contributed by atoms with Gasteiger partial charge >= 0.3 is 12.0 Å². The molecule has 0 aromatic heterocycles. The highest BCUT2D eigenvalue weighted by Crippen LogP contribution is 2.47. The number of nitrogens with two attached hydrogens (primary N) is 1. The van der Waals surface area contributed by atoms with Gasteiger partial charge in [-0.2, -0.15) is 0 Å². The number of para-hydroxylation sites is 1. The third-order valence-electron chi connectivity index (χ3n) is 5.57. The number of allylic oxidation sites excluding steroid dienone is 3. The molecule has 1 aromatic rings. The van der Waals surface area contributed by atoms with E-state index in [9.17, 15) is 19.7 Å². The summed E-state index contributed by atoms with van der Waals surface area (Å²) in [6.45, 7) is 9.50. The number of rotatable bonds is 8. The van der Waals surface area contributed by atoms with Crippen molar-refractivity contribution in [1.29, 1.82) is 0 Å². The van der Waals surface area contributed by atoms with Gasteiger partial charge in [-0.25, -0.2) is 9.59 Å². The zero-order chi connectivity index (χ0) is 23.3. The number of esters is 1. The zero-order valence-electron chi connectivity index (χ0n) is 18.8. The number of nitrogens with zero attached hydrogens (tertiary/aromatic N) is 2. The van der Waals surface area contributed by atoms with Gasteiger partial charge in [-0.1, -0.05) is 51.8 Å². The molecule has 8 nitrogen and oxygen atoms in total. The van der Waals surface area contributed by atoms with E-state index < -0.39 is 22.8 Å². The molecule has 0 fully saturated rings. The highest BCUT2D eigenvalue weighted by atomic mass is 16.6. The third kappa shape index (κ3) is 4.95. The van der Waals surface area contributed by atoms with Gasteiger partial charge in [-0.05, 0) is 31.8 Å². The molecule has 0 bridgehead atoms. The lowest BCUT2D eigenvalue weighted by Gasteiger charge is -2.38. The molecular weight excluding hydrogens is 398 g/mol. The zero-order valence-corrected chi connectivity index (χ0v) is 18.8. The normalized spacial score (nSPS) is 16.7. The van der Waals surface area contributed by atoms with Crippen LogP contribution in [0.15, 0.2) is 46.8 Å². The molecule has 8 heteroatoms. The summed E-state index contributed by atoms with van der Waals surface area (Å²) < 4.78 is 5.53. The summed E-state index contributed by atoms with van der Waals surface area (Å²) in [5.41, 5.74) is 7.77. The van der Waals surface area contributed by atoms with E-state index >= 15 is 0 Å². The van der Waals surface area contributed by atoms with Crippen LogP contribution in [0.4, 0.5) is 10.5 Å². The quantitative estimate of drug-likeness (QED) is 0.270. The summed E-state index contributed by atoms with van der Waals surface area (Å²) >= 11 is 0. The lowest BCUT2D eigenvalue weighted by Crippen LogP contribution is -2.40. The van der Waals surface area contributed by atoms with Gasteiger partial charge in [0, 0.05) is 28.9 Å². The van der Waals surface area contributed by atoms with Crippen LogP contribution in [0.2, 0.25) is 0 Å². The van der Waals surface area contributed by atoms with Crippen LogP contribution < -0.4 is 5.73 Å². The van der Waals surface area contributed by atoms with Crippen LogP contribution >= 0.6 is 0 Å². The summed E-state index contributed by atoms with van der Waals surface area (Å²) in [5.74, 6) is -1.41. The molecule has 1 unspecified atom stereocenters. The van der Waals surface area contributed by atoms with Crippen LogP contribution in [0.5, 0.6) is 0 Å². The van der Waals surface area contributed by atoms with E-state index in [0.717, 1.165) is 24.8 Å². The molecule has 1 aromatic carbocycles. The van der Waals surface area contributed by atoms with Gasteiger partial charge in [0.15, 0.2) is 0 Å². The molecule has 0 saturated heterocycles. The smallest absolute Gasteiger partial charge is 0.336 e. The summed E-state index contributed by atoms with van der Waals surface area (Å²) in [7, 11) is 0. The molecule has 1 aliphatic rings. The molecule has 2 N–H and O–H groups in total. The van der Waals surface area contributed by atoms with Gasteiger partial charge < -0.3 is 10.5 Å². The van der Waals surface area contributed by atoms with E-state index in [0.29, 0.717) is 17.0 Å². The predicted octanol–water partition coefficient (Wildman–Crippen LogP) is 5.01. The van der Waals surface area contributed by atoms with Gasteiger partial charge in [-0.15, -0.1) is 0 Å². The van der Waals surface area contributed by atoms with Crippen LogP contribution in [-0.4, -0.2) is 28.4 Å². The number of nitro benzene ring substituents is 1. The Morgan fingerprint density at radius 3 is 2.39 bits per heavy atom. The number of carbonyl (C=O) groups excluding carboxylic acids is 2. The fraction of sp³-hybridized carbons (Fsp3) is 0.478. The first-order valence-corrected chi connectivity index (χ1v) is 10.5. The van der Waals surface area contributed by atoms with Crippen molar-refractivity contribution in [1.82, 2.24) is 4.90 Å². The molecule has 168 valence electrons. The maximum atomic E-state index is 13.2. The van der Waals surface area contributed by atoms with E-state index in [1.807, 2.05) is 20.8 Å². The van der Waals surface area contributed by atoms with Gasteiger partial charge in [0.25, 0.3) is 5.69 Å². The van der Waals surface area contributed by atoms with Crippen LogP contribution in [0.1, 0.15) is 65.4 Å². The predicted molar refractivity (Wildman–Crippen MR) is 118 cm³/mol. The Morgan fingerprint density at radius 1 is 1.19 bits per heavy atom. The van der Waals surface area contributed by atoms with E-state index in [2.05, 4.69) is 0 Å². The van der Waals surface area contributed by atoms with Gasteiger partial charge in [0.05, 0.1) is 17.1 Å². The first-order valence-electron chi connectivity index (χ1n) is 10.5. The largest absolute Gasteiger partial charge is 0.462 e. The number of hydrogen-bond acceptors (Lipinski definition) is 5. The standard InChI is InChI=1S/C23H31N3O5/c1-6-7-10-13-31-22(27)20-16(5)25(23(24)28)15(4)19(14(2)3)21(20)17-11-8-9-12-18(17)26(29)30/h8-9,11-12,14,21H,6-7,10,13H2,1-5H3,(H2,24,28). The fourth-order valence-corrected chi connectivity index (χ4v) is 4.24. The average Bonchev–Trinajstić information content (AvgIpc) is 2.69. The number of unbranched alkanes of at least 4 members (excludes halogenated alkanes) is 2. The minimum atomic E-state index is -0.717. The van der Waals surface area contributed by atoms with E-state index in [-0.39, 0.29) is 23.8 Å². The molecule has 0 radical (unpaired) electrons. The Labute approximate surface area is 182 Å². The highest BCUT2D eigenvalue weighted by molar-refractivity contribution is 5.94. The van der Waals surface area contributed by atoms with Gasteiger partial charge in [-0.3, -0.25) is 15.0 Å². The minimum absolute atomic E-state index is 0.0879. The third-order valence-corrected chi connectivity index (χ3v) is 5.57. The number of hydrogen-bond donors (Lipinski definition) is 1. The topological polar surface area (TPSA) is 116 Å². The Bertz CT molecular complexity index is 933. The van der Waals surface area contributed by atoms with E-state index in [4.69, 9.17) is 10.5 Å². The second-order valence-corrected chi connectivity index (χ2v) is 7.96. The van der Waals surface area contributed by atoms with Crippen molar-refractivity contribution in [2.45, 2.75) is 59.8 Å². The van der Waals surface area contributed by atoms with Crippen LogP contribution in [0, 0.1) is 16.0 Å². The van der Waals surface area contributed by atoms with Crippen molar-refractivity contribution >= 4 is 17.7 Å². The molecule has 0 saturated carbocycles. The minimum Gasteiger partial charge on any atom is -0.462 e. The fourth-order valence-electron chi connectivity index (χ4n) is 4.24. The van der Waals surface area contributed by atoms with Crippen LogP contribution in [0.3, 0.4) is 0 Å². The monoisotopic (exact) mass is 429 g/mol. The molecular formula is C23H31N3O5. The molecule has 2 amide bonds. The maximum Gasteiger partial charge on any atom is 0.336 e. The van der Waals surface area contributed by atoms with Crippen molar-refractivity contribution in [3.05, 3.63) is 62.5 Å². The SMILES string of the molecule is CCCCCOC(=O)C1=C(C)N(C(N)=O)C(C)=C(C(C)C)C1c1ccccc1[N+](=O)[O-]. The van der Waals surface area contributed by atoms with Crippen molar-refractivity contribution in [3.8, 4) is 0 Å². The molecule has 31 heavy (non-hydrogen) atoms. The average molecular weight is 430 g/mol. The first kappa shape index (κ1) is 24.1. The molecule has 0 aliphatic carbocycles. The highest BCUT2D eigenvalue weighted by Gasteiger charge is 2.41. The van der Waals surface area contributed by atoms with Gasteiger partial charge in [0.1, 0.15) is 0 Å². The number of amides is 2. The van der Waals surface area contributed by atoms with Crippen LogP contribution in [-0.2, 0) is 9.53 Å². The van der Waals surface area contributed by atoms with Crippen LogP contribution in [0.25, 0.3) is 0 Å².